The lowest BCUT2D eigenvalue weighted by atomic mass is 10.4. The van der Waals surface area contributed by atoms with Crippen molar-refractivity contribution in [1.29, 1.82) is 0 Å². The lowest BCUT2D eigenvalue weighted by molar-refractivity contribution is 1.10. The Bertz CT molecular complexity index is 194. The van der Waals surface area contributed by atoms with Gasteiger partial charge in [-0.15, -0.1) is 4.99 Å². The zero-order valence-corrected chi connectivity index (χ0v) is 4.55. The highest BCUT2D eigenvalue weighted by atomic mass is 15.1. The van der Waals surface area contributed by atoms with Gasteiger partial charge in [-0.25, -0.2) is 0 Å². The van der Waals surface area contributed by atoms with Gasteiger partial charge in [0.2, 0.25) is 0 Å². The molecule has 3 nitrogen and oxygen atoms in total. The van der Waals surface area contributed by atoms with E-state index in [2.05, 4.69) is 14.8 Å². The predicted molar refractivity (Wildman–Crippen MR) is 32.0 cm³/mol. The van der Waals surface area contributed by atoms with Crippen molar-refractivity contribution < 1.29 is 0 Å². The molecular formula is C5H5N3. The molecule has 1 heterocycles. The number of aliphatic imine (C=N–C) groups is 2. The van der Waals surface area contributed by atoms with Crippen LogP contribution in [0.15, 0.2) is 9.98 Å². The topological polar surface area (TPSA) is 29.1 Å². The summed E-state index contributed by atoms with van der Waals surface area (Å²) in [5.74, 6) is 0.463. The molecule has 1 aliphatic heterocycles. The maximum atomic E-state index is 6.54. The third-order valence-corrected chi connectivity index (χ3v) is 0.958. The van der Waals surface area contributed by atoms with Crippen LogP contribution in [0.1, 0.15) is 6.92 Å². The summed E-state index contributed by atoms with van der Waals surface area (Å²) < 4.78 is 0. The van der Waals surface area contributed by atoms with Crippen molar-refractivity contribution in [3.05, 3.63) is 11.4 Å². The minimum absolute atomic E-state index is 0.448. The average Bonchev–Trinajstić information content (AvgIpc) is 2.14. The largest absolute Gasteiger partial charge is 0.359 e. The highest BCUT2D eigenvalue weighted by Gasteiger charge is 2.07. The molecule has 0 N–H and O–H groups in total. The number of rotatable bonds is 0. The first kappa shape index (κ1) is 4.98. The van der Waals surface area contributed by atoms with Gasteiger partial charge in [0.1, 0.15) is 0 Å². The minimum Gasteiger partial charge on any atom is -0.359 e. The predicted octanol–water partition coefficient (Wildman–Crippen LogP) is 0.736. The normalized spacial score (nSPS) is 17.0. The molecule has 0 spiro atoms. The van der Waals surface area contributed by atoms with Crippen molar-refractivity contribution in [2.75, 3.05) is 6.67 Å². The second kappa shape index (κ2) is 1.74. The van der Waals surface area contributed by atoms with Gasteiger partial charge in [0.25, 0.3) is 5.84 Å². The fraction of sp³-hybridized carbons (Fsp3) is 0.400. The van der Waals surface area contributed by atoms with Crippen molar-refractivity contribution >= 4 is 11.5 Å². The van der Waals surface area contributed by atoms with E-state index in [9.17, 15) is 0 Å². The summed E-state index contributed by atoms with van der Waals surface area (Å²) in [5.41, 5.74) is 0.764. The quantitative estimate of drug-likeness (QED) is 0.408. The summed E-state index contributed by atoms with van der Waals surface area (Å²) in [6.45, 7) is 8.79. The molecule has 8 heavy (non-hydrogen) atoms. The Labute approximate surface area is 47.6 Å². The van der Waals surface area contributed by atoms with E-state index >= 15 is 0 Å². The lowest BCUT2D eigenvalue weighted by Crippen LogP contribution is -1.98. The molecule has 0 saturated heterocycles. The van der Waals surface area contributed by atoms with Crippen LogP contribution in [-0.2, 0) is 0 Å². The Hall–Kier alpha value is -1.17. The smallest absolute Gasteiger partial charge is 0.287 e. The summed E-state index contributed by atoms with van der Waals surface area (Å²) in [5, 5.41) is 0. The molecule has 3 heteroatoms. The van der Waals surface area contributed by atoms with Gasteiger partial charge in [0, 0.05) is 0 Å². The van der Waals surface area contributed by atoms with Crippen molar-refractivity contribution in [2.45, 2.75) is 6.92 Å². The molecule has 0 bridgehead atoms. The van der Waals surface area contributed by atoms with Crippen LogP contribution in [0, 0.1) is 6.57 Å². The molecule has 1 aliphatic rings. The second-order valence-electron chi connectivity index (χ2n) is 1.48. The highest BCUT2D eigenvalue weighted by Crippen LogP contribution is 1.95. The van der Waals surface area contributed by atoms with Crippen molar-refractivity contribution in [1.82, 2.24) is 0 Å². The number of hydrogen-bond acceptors (Lipinski definition) is 2. The van der Waals surface area contributed by atoms with Crippen LogP contribution in [0.2, 0.25) is 0 Å². The van der Waals surface area contributed by atoms with Gasteiger partial charge >= 0.3 is 0 Å². The van der Waals surface area contributed by atoms with Gasteiger partial charge in [-0.3, -0.25) is 4.99 Å². The van der Waals surface area contributed by atoms with E-state index in [-0.39, 0.29) is 0 Å². The molecule has 0 aromatic carbocycles. The zero-order chi connectivity index (χ0) is 5.98. The Morgan fingerprint density at radius 1 is 1.62 bits per heavy atom. The molecule has 0 fully saturated rings. The van der Waals surface area contributed by atoms with Crippen molar-refractivity contribution in [3.63, 3.8) is 0 Å². The van der Waals surface area contributed by atoms with Gasteiger partial charge in [-0.2, -0.15) is 0 Å². The van der Waals surface area contributed by atoms with E-state index in [0.717, 1.165) is 5.71 Å². The van der Waals surface area contributed by atoms with E-state index < -0.39 is 0 Å². The first-order valence-corrected chi connectivity index (χ1v) is 2.28. The molecule has 0 saturated carbocycles. The van der Waals surface area contributed by atoms with Gasteiger partial charge < -0.3 is 4.85 Å². The summed E-state index contributed by atoms with van der Waals surface area (Å²) in [4.78, 5) is 10.8. The molecule has 0 radical (unpaired) electrons. The molecule has 0 unspecified atom stereocenters. The average molecular weight is 107 g/mol. The molecule has 0 aromatic rings. The van der Waals surface area contributed by atoms with Crippen LogP contribution in [0.25, 0.3) is 4.85 Å². The Morgan fingerprint density at radius 2 is 2.38 bits per heavy atom. The number of amidine groups is 1. The number of nitrogens with zero attached hydrogens (tertiary/aromatic N) is 3. The lowest BCUT2D eigenvalue weighted by Gasteiger charge is -1.81. The Morgan fingerprint density at radius 3 is 2.62 bits per heavy atom. The SMILES string of the molecule is [C-]#[N+]C1=NCN=C1C. The fourth-order valence-corrected chi connectivity index (χ4v) is 0.510. The zero-order valence-electron chi connectivity index (χ0n) is 4.55. The van der Waals surface area contributed by atoms with Crippen LogP contribution in [0.5, 0.6) is 0 Å². The fourth-order valence-electron chi connectivity index (χ4n) is 0.510. The van der Waals surface area contributed by atoms with Crippen LogP contribution < -0.4 is 0 Å². The monoisotopic (exact) mass is 107 g/mol. The molecule has 0 aliphatic carbocycles. The first-order chi connectivity index (χ1) is 3.84. The second-order valence-corrected chi connectivity index (χ2v) is 1.48. The van der Waals surface area contributed by atoms with E-state index in [1.165, 1.54) is 0 Å². The summed E-state index contributed by atoms with van der Waals surface area (Å²) in [6, 6.07) is 0. The van der Waals surface area contributed by atoms with Crippen LogP contribution in [-0.4, -0.2) is 18.2 Å². The molecule has 0 aromatic heterocycles. The van der Waals surface area contributed by atoms with E-state index in [0.29, 0.717) is 12.5 Å². The summed E-state index contributed by atoms with van der Waals surface area (Å²) in [7, 11) is 0. The molecule has 0 amide bonds. The van der Waals surface area contributed by atoms with E-state index in [4.69, 9.17) is 6.57 Å². The Balaban J connectivity index is 2.86. The van der Waals surface area contributed by atoms with E-state index in [1.54, 1.807) is 6.92 Å². The maximum Gasteiger partial charge on any atom is 0.287 e. The van der Waals surface area contributed by atoms with Gasteiger partial charge in [-0.1, -0.05) is 6.57 Å². The maximum absolute atomic E-state index is 6.54. The summed E-state index contributed by atoms with van der Waals surface area (Å²) in [6.07, 6.45) is 0. The summed E-state index contributed by atoms with van der Waals surface area (Å²) >= 11 is 0. The van der Waals surface area contributed by atoms with Gasteiger partial charge in [0.05, 0.1) is 5.71 Å². The first-order valence-electron chi connectivity index (χ1n) is 2.28. The van der Waals surface area contributed by atoms with Crippen molar-refractivity contribution in [2.24, 2.45) is 9.98 Å². The molecular weight excluding hydrogens is 102 g/mol. The minimum atomic E-state index is 0.448. The third-order valence-electron chi connectivity index (χ3n) is 0.958. The third kappa shape index (κ3) is 0.604. The Kier molecular flexibility index (Phi) is 1.09. The van der Waals surface area contributed by atoms with Crippen LogP contribution in [0.4, 0.5) is 0 Å². The number of hydrogen-bond donors (Lipinski definition) is 0. The van der Waals surface area contributed by atoms with Crippen LogP contribution >= 0.6 is 0 Å². The molecule has 40 valence electrons. The van der Waals surface area contributed by atoms with Gasteiger partial charge in [-0.05, 0) is 6.92 Å². The van der Waals surface area contributed by atoms with Crippen LogP contribution in [0.3, 0.4) is 0 Å². The van der Waals surface area contributed by atoms with E-state index in [1.807, 2.05) is 0 Å². The molecule has 0 atom stereocenters. The highest BCUT2D eigenvalue weighted by molar-refractivity contribution is 6.45. The molecule has 1 rings (SSSR count). The standard InChI is InChI=1S/C5H5N3/c1-4-5(6-2)8-3-7-4/h3H2,1H3. The van der Waals surface area contributed by atoms with Gasteiger partial charge in [0.15, 0.2) is 6.67 Å². The van der Waals surface area contributed by atoms with Crippen molar-refractivity contribution in [3.8, 4) is 0 Å².